The number of carbonyl (C=O) groups excluding carboxylic acids is 1. The van der Waals surface area contributed by atoms with Crippen LogP contribution in [0, 0.1) is 6.42 Å². The van der Waals surface area contributed by atoms with E-state index in [1.165, 1.54) is 0 Å². The van der Waals surface area contributed by atoms with Crippen molar-refractivity contribution >= 4 is 5.91 Å². The molecule has 0 aromatic heterocycles. The largest absolute Gasteiger partial charge is 0.353 e. The predicted octanol–water partition coefficient (Wildman–Crippen LogP) is 0.545. The summed E-state index contributed by atoms with van der Waals surface area (Å²) in [6.07, 6.45) is 7.54. The first-order valence-electron chi connectivity index (χ1n) is 6.89. The number of rotatable bonds is 4. The monoisotopic (exact) mass is 238 g/mol. The first-order valence-corrected chi connectivity index (χ1v) is 6.89. The Labute approximate surface area is 104 Å². The number of amides is 1. The third-order valence-corrected chi connectivity index (χ3v) is 3.67. The molecule has 1 saturated heterocycles. The van der Waals surface area contributed by atoms with Crippen molar-refractivity contribution in [1.82, 2.24) is 15.5 Å². The molecule has 0 spiro atoms. The van der Waals surface area contributed by atoms with E-state index in [2.05, 4.69) is 22.0 Å². The molecule has 0 aromatic carbocycles. The summed E-state index contributed by atoms with van der Waals surface area (Å²) < 4.78 is 0. The number of piperazine rings is 1. The molecule has 1 radical (unpaired) electrons. The van der Waals surface area contributed by atoms with E-state index in [0.29, 0.717) is 12.5 Å². The molecule has 1 aliphatic heterocycles. The second kappa shape index (κ2) is 6.97. The molecule has 1 amide bonds. The van der Waals surface area contributed by atoms with Crippen LogP contribution in [0.15, 0.2) is 0 Å². The van der Waals surface area contributed by atoms with Gasteiger partial charge in [0.2, 0.25) is 5.91 Å². The smallest absolute Gasteiger partial charge is 0.221 e. The summed E-state index contributed by atoms with van der Waals surface area (Å²) >= 11 is 0. The molecule has 0 atom stereocenters. The predicted molar refractivity (Wildman–Crippen MR) is 68.6 cm³/mol. The van der Waals surface area contributed by atoms with Crippen LogP contribution in [0.3, 0.4) is 0 Å². The fraction of sp³-hybridized carbons (Fsp3) is 0.846. The summed E-state index contributed by atoms with van der Waals surface area (Å²) in [5, 5.41) is 6.48. The maximum absolute atomic E-state index is 11.8. The average molecular weight is 238 g/mol. The zero-order valence-corrected chi connectivity index (χ0v) is 10.6. The van der Waals surface area contributed by atoms with Crippen molar-refractivity contribution in [2.75, 3.05) is 32.7 Å². The minimum atomic E-state index is 0.232. The van der Waals surface area contributed by atoms with Crippen LogP contribution >= 0.6 is 0 Å². The van der Waals surface area contributed by atoms with E-state index >= 15 is 0 Å². The molecule has 2 N–H and O–H groups in total. The van der Waals surface area contributed by atoms with Gasteiger partial charge < -0.3 is 15.5 Å². The highest BCUT2D eigenvalue weighted by Crippen LogP contribution is 2.16. The summed E-state index contributed by atoms with van der Waals surface area (Å²) in [6.45, 7) is 5.17. The summed E-state index contributed by atoms with van der Waals surface area (Å²) in [5.41, 5.74) is 0. The number of nitrogens with zero attached hydrogens (tertiary/aromatic N) is 1. The van der Waals surface area contributed by atoms with Crippen molar-refractivity contribution in [2.45, 2.75) is 38.1 Å². The maximum Gasteiger partial charge on any atom is 0.221 e. The first kappa shape index (κ1) is 12.8. The van der Waals surface area contributed by atoms with Crippen molar-refractivity contribution in [1.29, 1.82) is 0 Å². The third-order valence-electron chi connectivity index (χ3n) is 3.67. The van der Waals surface area contributed by atoms with E-state index in [4.69, 9.17) is 0 Å². The van der Waals surface area contributed by atoms with Gasteiger partial charge >= 0.3 is 0 Å². The van der Waals surface area contributed by atoms with Gasteiger partial charge in [-0.25, -0.2) is 0 Å². The fourth-order valence-corrected chi connectivity index (χ4v) is 2.57. The van der Waals surface area contributed by atoms with Crippen LogP contribution in [-0.4, -0.2) is 49.6 Å². The van der Waals surface area contributed by atoms with Crippen LogP contribution in [0.1, 0.15) is 32.1 Å². The lowest BCUT2D eigenvalue weighted by atomic mass is 9.95. The lowest BCUT2D eigenvalue weighted by Crippen LogP contribution is -2.45. The molecule has 0 bridgehead atoms. The van der Waals surface area contributed by atoms with Crippen molar-refractivity contribution in [2.24, 2.45) is 0 Å². The Hall–Kier alpha value is -0.610. The molecule has 4 heteroatoms. The van der Waals surface area contributed by atoms with E-state index in [0.717, 1.165) is 58.4 Å². The molecule has 0 aromatic rings. The second-order valence-electron chi connectivity index (χ2n) is 5.05. The van der Waals surface area contributed by atoms with Crippen LogP contribution in [0.25, 0.3) is 0 Å². The minimum absolute atomic E-state index is 0.232. The Bertz CT molecular complexity index is 233. The zero-order chi connectivity index (χ0) is 11.9. The summed E-state index contributed by atoms with van der Waals surface area (Å²) in [7, 11) is 0. The van der Waals surface area contributed by atoms with Crippen molar-refractivity contribution < 1.29 is 4.79 Å². The molecule has 4 nitrogen and oxygen atoms in total. The molecule has 1 heterocycles. The van der Waals surface area contributed by atoms with E-state index in [-0.39, 0.29) is 5.91 Å². The van der Waals surface area contributed by atoms with Gasteiger partial charge in [0.25, 0.3) is 0 Å². The van der Waals surface area contributed by atoms with E-state index < -0.39 is 0 Å². The number of carbonyl (C=O) groups is 1. The molecule has 17 heavy (non-hydrogen) atoms. The SMILES string of the molecule is O=C(CCN1CCNCC1)NC1CC[CH]CC1. The molecule has 0 unspecified atom stereocenters. The highest BCUT2D eigenvalue weighted by atomic mass is 16.1. The molecule has 1 saturated carbocycles. The zero-order valence-electron chi connectivity index (χ0n) is 10.6. The van der Waals surface area contributed by atoms with E-state index in [9.17, 15) is 4.79 Å². The molecule has 1 aliphatic carbocycles. The van der Waals surface area contributed by atoms with Gasteiger partial charge in [-0.2, -0.15) is 0 Å². The molecule has 97 valence electrons. The standard InChI is InChI=1S/C13H24N3O/c17-13(15-12-4-2-1-3-5-12)6-9-16-10-7-14-8-11-16/h1,12,14H,2-11H2,(H,15,17). The Kier molecular flexibility index (Phi) is 5.26. The first-order chi connectivity index (χ1) is 8.34. The molecule has 2 rings (SSSR count). The number of nitrogens with one attached hydrogen (secondary N) is 2. The maximum atomic E-state index is 11.8. The van der Waals surface area contributed by atoms with Gasteiger partial charge in [-0.15, -0.1) is 0 Å². The van der Waals surface area contributed by atoms with Gasteiger partial charge in [0, 0.05) is 45.2 Å². The van der Waals surface area contributed by atoms with Crippen molar-refractivity contribution in [3.05, 3.63) is 6.42 Å². The lowest BCUT2D eigenvalue weighted by molar-refractivity contribution is -0.122. The molecule has 2 aliphatic rings. The van der Waals surface area contributed by atoms with Gasteiger partial charge in [-0.1, -0.05) is 0 Å². The van der Waals surface area contributed by atoms with Crippen molar-refractivity contribution in [3.8, 4) is 0 Å². The van der Waals surface area contributed by atoms with Crippen LogP contribution in [0.2, 0.25) is 0 Å². The van der Waals surface area contributed by atoms with Gasteiger partial charge in [-0.3, -0.25) is 4.79 Å². The van der Waals surface area contributed by atoms with Gasteiger partial charge in [0.05, 0.1) is 0 Å². The number of hydrogen-bond donors (Lipinski definition) is 2. The third kappa shape index (κ3) is 4.64. The Morgan fingerprint density at radius 3 is 2.71 bits per heavy atom. The molecule has 2 fully saturated rings. The average Bonchev–Trinajstić information content (AvgIpc) is 2.39. The minimum Gasteiger partial charge on any atom is -0.353 e. The van der Waals surface area contributed by atoms with Crippen LogP contribution in [-0.2, 0) is 4.79 Å². The lowest BCUT2D eigenvalue weighted by Gasteiger charge is -2.27. The van der Waals surface area contributed by atoms with Gasteiger partial charge in [0.15, 0.2) is 0 Å². The molecular weight excluding hydrogens is 214 g/mol. The van der Waals surface area contributed by atoms with Crippen LogP contribution in [0.5, 0.6) is 0 Å². The van der Waals surface area contributed by atoms with E-state index in [1.807, 2.05) is 0 Å². The normalized spacial score (nSPS) is 23.5. The Morgan fingerprint density at radius 1 is 1.29 bits per heavy atom. The van der Waals surface area contributed by atoms with Gasteiger partial charge in [0.1, 0.15) is 0 Å². The molecular formula is C13H24N3O. The van der Waals surface area contributed by atoms with Crippen LogP contribution in [0.4, 0.5) is 0 Å². The highest BCUT2D eigenvalue weighted by molar-refractivity contribution is 5.76. The highest BCUT2D eigenvalue weighted by Gasteiger charge is 2.16. The fourth-order valence-electron chi connectivity index (χ4n) is 2.57. The topological polar surface area (TPSA) is 44.4 Å². The summed E-state index contributed by atoms with van der Waals surface area (Å²) in [6, 6.07) is 0.426. The Balaban J connectivity index is 1.59. The van der Waals surface area contributed by atoms with E-state index in [1.54, 1.807) is 0 Å². The van der Waals surface area contributed by atoms with Crippen LogP contribution < -0.4 is 10.6 Å². The number of hydrogen-bond acceptors (Lipinski definition) is 3. The second-order valence-corrected chi connectivity index (χ2v) is 5.05. The summed E-state index contributed by atoms with van der Waals surface area (Å²) in [5.74, 6) is 0.232. The quantitative estimate of drug-likeness (QED) is 0.751. The summed E-state index contributed by atoms with van der Waals surface area (Å²) in [4.78, 5) is 14.2. The Morgan fingerprint density at radius 2 is 2.00 bits per heavy atom. The van der Waals surface area contributed by atoms with Crippen molar-refractivity contribution in [3.63, 3.8) is 0 Å². The van der Waals surface area contributed by atoms with Gasteiger partial charge in [-0.05, 0) is 32.1 Å².